The van der Waals surface area contributed by atoms with Gasteiger partial charge in [-0.1, -0.05) is 12.1 Å². The maximum Gasteiger partial charge on any atom is 0.255 e. The second kappa shape index (κ2) is 7.55. The molecule has 1 saturated carbocycles. The summed E-state index contributed by atoms with van der Waals surface area (Å²) in [5.41, 5.74) is 8.27. The van der Waals surface area contributed by atoms with Crippen LogP contribution in [0.5, 0.6) is 0 Å². The van der Waals surface area contributed by atoms with Crippen LogP contribution in [0, 0.1) is 0 Å². The van der Waals surface area contributed by atoms with E-state index in [0.29, 0.717) is 17.2 Å². The highest BCUT2D eigenvalue weighted by atomic mass is 35.5. The minimum atomic E-state index is -0.121. The summed E-state index contributed by atoms with van der Waals surface area (Å²) in [6, 6.07) is 7.94. The first-order valence-electron chi connectivity index (χ1n) is 7.56. The van der Waals surface area contributed by atoms with Crippen LogP contribution < -0.4 is 11.1 Å². The molecule has 1 amide bonds. The average Bonchev–Trinajstić information content (AvgIpc) is 2.99. The standard InChI is InChI=1S/C17H22N4O.2ClH/c1-17(2,3)21-10-13(9-19-21)20-16(22)12-6-4-5-11(7-12)14-8-15(14)18;;/h4-7,9-10,14-15H,8,18H2,1-3H3,(H,20,22);2*1H/t14-,15+;;/m0../s1. The van der Waals surface area contributed by atoms with Crippen molar-refractivity contribution in [3.63, 3.8) is 0 Å². The Kier molecular flexibility index (Phi) is 6.45. The zero-order valence-corrected chi connectivity index (χ0v) is 15.7. The topological polar surface area (TPSA) is 72.9 Å². The molecule has 7 heteroatoms. The lowest BCUT2D eigenvalue weighted by Crippen LogP contribution is -2.22. The second-order valence-corrected chi connectivity index (χ2v) is 6.93. The molecule has 2 aromatic rings. The predicted molar refractivity (Wildman–Crippen MR) is 101 cm³/mol. The highest BCUT2D eigenvalue weighted by Crippen LogP contribution is 2.39. The van der Waals surface area contributed by atoms with E-state index in [1.165, 1.54) is 0 Å². The van der Waals surface area contributed by atoms with Crippen molar-refractivity contribution in [1.29, 1.82) is 0 Å². The number of aromatic nitrogens is 2. The molecule has 1 heterocycles. The highest BCUT2D eigenvalue weighted by Gasteiger charge is 2.34. The molecule has 3 rings (SSSR count). The van der Waals surface area contributed by atoms with Crippen LogP contribution in [0.4, 0.5) is 5.69 Å². The molecule has 0 spiro atoms. The van der Waals surface area contributed by atoms with E-state index >= 15 is 0 Å². The minimum Gasteiger partial charge on any atom is -0.327 e. The van der Waals surface area contributed by atoms with Gasteiger partial charge < -0.3 is 11.1 Å². The largest absolute Gasteiger partial charge is 0.327 e. The first-order valence-corrected chi connectivity index (χ1v) is 7.56. The molecular weight excluding hydrogens is 347 g/mol. The Hall–Kier alpha value is -1.56. The summed E-state index contributed by atoms with van der Waals surface area (Å²) in [6.45, 7) is 6.19. The van der Waals surface area contributed by atoms with E-state index < -0.39 is 0 Å². The molecule has 5 nitrogen and oxygen atoms in total. The fraction of sp³-hybridized carbons (Fsp3) is 0.412. The normalized spacial score (nSPS) is 19.0. The Labute approximate surface area is 154 Å². The molecule has 0 unspecified atom stereocenters. The maximum absolute atomic E-state index is 12.4. The lowest BCUT2D eigenvalue weighted by atomic mass is 10.1. The van der Waals surface area contributed by atoms with Crippen LogP contribution in [-0.4, -0.2) is 21.7 Å². The number of anilines is 1. The number of nitrogens with zero attached hydrogens (tertiary/aromatic N) is 2. The third-order valence-electron chi connectivity index (χ3n) is 3.94. The summed E-state index contributed by atoms with van der Waals surface area (Å²) in [5, 5.41) is 7.18. The molecule has 0 radical (unpaired) electrons. The predicted octanol–water partition coefficient (Wildman–Crippen LogP) is 3.55. The summed E-state index contributed by atoms with van der Waals surface area (Å²) < 4.78 is 1.84. The van der Waals surface area contributed by atoms with E-state index in [-0.39, 0.29) is 42.3 Å². The zero-order valence-electron chi connectivity index (χ0n) is 14.0. The second-order valence-electron chi connectivity index (χ2n) is 6.93. The number of halogens is 2. The number of nitrogens with one attached hydrogen (secondary N) is 1. The van der Waals surface area contributed by atoms with Gasteiger partial charge in [-0.2, -0.15) is 5.10 Å². The van der Waals surface area contributed by atoms with Gasteiger partial charge in [0, 0.05) is 23.7 Å². The molecular formula is C17H24Cl2N4O. The summed E-state index contributed by atoms with van der Waals surface area (Å²) in [6.07, 6.45) is 4.52. The Morgan fingerprint density at radius 1 is 1.33 bits per heavy atom. The SMILES string of the molecule is CC(C)(C)n1cc(NC(=O)c2cccc([C@@H]3C[C@H]3N)c2)cn1.Cl.Cl. The molecule has 1 aromatic carbocycles. The van der Waals surface area contributed by atoms with E-state index in [1.54, 1.807) is 6.20 Å². The fourth-order valence-corrected chi connectivity index (χ4v) is 2.47. The number of nitrogens with two attached hydrogens (primary N) is 1. The van der Waals surface area contributed by atoms with Crippen LogP contribution >= 0.6 is 24.8 Å². The third kappa shape index (κ3) is 4.50. The van der Waals surface area contributed by atoms with Gasteiger partial charge in [-0.3, -0.25) is 9.48 Å². The number of hydrogen-bond donors (Lipinski definition) is 2. The number of hydrogen-bond acceptors (Lipinski definition) is 3. The van der Waals surface area contributed by atoms with Gasteiger partial charge in [-0.05, 0) is 44.9 Å². The Bertz CT molecular complexity index is 709. The van der Waals surface area contributed by atoms with E-state index in [0.717, 1.165) is 12.0 Å². The number of carbonyl (C=O) groups excluding carboxylic acids is 1. The van der Waals surface area contributed by atoms with Crippen molar-refractivity contribution >= 4 is 36.4 Å². The molecule has 132 valence electrons. The molecule has 24 heavy (non-hydrogen) atoms. The fourth-order valence-electron chi connectivity index (χ4n) is 2.47. The average molecular weight is 371 g/mol. The van der Waals surface area contributed by atoms with E-state index in [1.807, 2.05) is 35.1 Å². The summed E-state index contributed by atoms with van der Waals surface area (Å²) >= 11 is 0. The third-order valence-corrected chi connectivity index (χ3v) is 3.94. The number of benzene rings is 1. The summed E-state index contributed by atoms with van der Waals surface area (Å²) in [5.74, 6) is 0.279. The molecule has 1 aliphatic carbocycles. The van der Waals surface area contributed by atoms with Gasteiger partial charge in [0.25, 0.3) is 5.91 Å². The van der Waals surface area contributed by atoms with Crippen LogP contribution in [0.1, 0.15) is 49.0 Å². The molecule has 0 bridgehead atoms. The first-order chi connectivity index (χ1) is 10.3. The zero-order chi connectivity index (χ0) is 15.9. The molecule has 0 saturated heterocycles. The molecule has 1 aliphatic rings. The Morgan fingerprint density at radius 2 is 2.00 bits per heavy atom. The summed E-state index contributed by atoms with van der Waals surface area (Å²) in [4.78, 5) is 12.4. The molecule has 1 aromatic heterocycles. The van der Waals surface area contributed by atoms with Crippen molar-refractivity contribution in [2.24, 2.45) is 5.73 Å². The molecule has 0 aliphatic heterocycles. The van der Waals surface area contributed by atoms with Crippen LogP contribution in [0.3, 0.4) is 0 Å². The van der Waals surface area contributed by atoms with Crippen LogP contribution in [0.15, 0.2) is 36.7 Å². The number of rotatable bonds is 3. The van der Waals surface area contributed by atoms with Gasteiger partial charge in [-0.15, -0.1) is 24.8 Å². The monoisotopic (exact) mass is 370 g/mol. The van der Waals surface area contributed by atoms with Crippen LogP contribution in [0.25, 0.3) is 0 Å². The smallest absolute Gasteiger partial charge is 0.255 e. The number of amides is 1. The van der Waals surface area contributed by atoms with Crippen molar-refractivity contribution in [3.05, 3.63) is 47.8 Å². The van der Waals surface area contributed by atoms with Gasteiger partial charge in [0.15, 0.2) is 0 Å². The lowest BCUT2D eigenvalue weighted by Gasteiger charge is -2.18. The van der Waals surface area contributed by atoms with Crippen LogP contribution in [-0.2, 0) is 5.54 Å². The van der Waals surface area contributed by atoms with Crippen molar-refractivity contribution in [2.45, 2.75) is 44.7 Å². The van der Waals surface area contributed by atoms with E-state index in [2.05, 4.69) is 31.2 Å². The van der Waals surface area contributed by atoms with E-state index in [9.17, 15) is 4.79 Å². The molecule has 2 atom stereocenters. The van der Waals surface area contributed by atoms with Gasteiger partial charge in [0.1, 0.15) is 0 Å². The van der Waals surface area contributed by atoms with E-state index in [4.69, 9.17) is 5.73 Å². The van der Waals surface area contributed by atoms with Crippen LogP contribution in [0.2, 0.25) is 0 Å². The Balaban J connectivity index is 0.00000144. The quantitative estimate of drug-likeness (QED) is 0.867. The van der Waals surface area contributed by atoms with Crippen molar-refractivity contribution in [3.8, 4) is 0 Å². The maximum atomic E-state index is 12.4. The Morgan fingerprint density at radius 3 is 2.54 bits per heavy atom. The highest BCUT2D eigenvalue weighted by molar-refractivity contribution is 6.04. The van der Waals surface area contributed by atoms with Crippen molar-refractivity contribution in [1.82, 2.24) is 9.78 Å². The lowest BCUT2D eigenvalue weighted by molar-refractivity contribution is 0.102. The minimum absolute atomic E-state index is 0. The number of carbonyl (C=O) groups is 1. The molecule has 1 fully saturated rings. The van der Waals surface area contributed by atoms with Crippen molar-refractivity contribution in [2.75, 3.05) is 5.32 Å². The first kappa shape index (κ1) is 20.5. The van der Waals surface area contributed by atoms with Gasteiger partial charge in [0.2, 0.25) is 0 Å². The van der Waals surface area contributed by atoms with Gasteiger partial charge in [0.05, 0.1) is 17.4 Å². The van der Waals surface area contributed by atoms with Crippen molar-refractivity contribution < 1.29 is 4.79 Å². The van der Waals surface area contributed by atoms with Gasteiger partial charge in [-0.25, -0.2) is 0 Å². The van der Waals surface area contributed by atoms with Gasteiger partial charge >= 0.3 is 0 Å². The molecule has 3 N–H and O–H groups in total. The summed E-state index contributed by atoms with van der Waals surface area (Å²) in [7, 11) is 0.